The van der Waals surface area contributed by atoms with Gasteiger partial charge in [0.1, 0.15) is 0 Å². The predicted molar refractivity (Wildman–Crippen MR) is 79.6 cm³/mol. The van der Waals surface area contributed by atoms with E-state index in [0.717, 1.165) is 5.69 Å². The highest BCUT2D eigenvalue weighted by molar-refractivity contribution is 5.95. The van der Waals surface area contributed by atoms with Gasteiger partial charge in [-0.25, -0.2) is 0 Å². The van der Waals surface area contributed by atoms with Crippen molar-refractivity contribution < 1.29 is 4.79 Å². The summed E-state index contributed by atoms with van der Waals surface area (Å²) in [6.45, 7) is 6.72. The van der Waals surface area contributed by atoms with Crippen LogP contribution in [0.1, 0.15) is 49.0 Å². The van der Waals surface area contributed by atoms with Gasteiger partial charge in [-0.1, -0.05) is 19.9 Å². The molecule has 1 saturated carbocycles. The second-order valence-corrected chi connectivity index (χ2v) is 6.36. The number of amides is 1. The van der Waals surface area contributed by atoms with Crippen LogP contribution in [0.4, 0.5) is 5.69 Å². The van der Waals surface area contributed by atoms with Crippen molar-refractivity contribution in [3.8, 4) is 0 Å². The summed E-state index contributed by atoms with van der Waals surface area (Å²) >= 11 is 0. The van der Waals surface area contributed by atoms with Gasteiger partial charge in [-0.3, -0.25) is 4.79 Å². The summed E-state index contributed by atoms with van der Waals surface area (Å²) in [5.74, 6) is -0.0326. The first-order valence-electron chi connectivity index (χ1n) is 7.00. The summed E-state index contributed by atoms with van der Waals surface area (Å²) in [6, 6.07) is 6.36. The number of rotatable bonds is 3. The highest BCUT2D eigenvalue weighted by atomic mass is 16.1. The minimum absolute atomic E-state index is 0.0326. The summed E-state index contributed by atoms with van der Waals surface area (Å²) in [7, 11) is 1.66. The number of hydrogen-bond acceptors (Lipinski definition) is 2. The van der Waals surface area contributed by atoms with Crippen LogP contribution in [0.15, 0.2) is 18.2 Å². The number of carbonyl (C=O) groups is 1. The van der Waals surface area contributed by atoms with E-state index >= 15 is 0 Å². The third-order valence-corrected chi connectivity index (χ3v) is 4.06. The van der Waals surface area contributed by atoms with Crippen molar-refractivity contribution in [3.63, 3.8) is 0 Å². The maximum absolute atomic E-state index is 11.7. The largest absolute Gasteiger partial charge is 0.382 e. The molecular formula is C16H24N2O. The van der Waals surface area contributed by atoms with E-state index in [1.54, 1.807) is 7.05 Å². The van der Waals surface area contributed by atoms with Gasteiger partial charge in [-0.15, -0.1) is 0 Å². The monoisotopic (exact) mass is 260 g/mol. The standard InChI is InChI=1S/C16H24N2O/c1-11-5-6-12(15(19)17-4)9-14(11)18-13-7-8-16(2,3)10-13/h5-6,9,13,18H,7-8,10H2,1-4H3,(H,17,19). The Morgan fingerprint density at radius 1 is 1.37 bits per heavy atom. The molecule has 0 radical (unpaired) electrons. The average Bonchev–Trinajstić information content (AvgIpc) is 2.70. The molecule has 0 aliphatic heterocycles. The lowest BCUT2D eigenvalue weighted by atomic mass is 9.92. The average molecular weight is 260 g/mol. The van der Waals surface area contributed by atoms with Crippen LogP contribution in [0.25, 0.3) is 0 Å². The lowest BCUT2D eigenvalue weighted by molar-refractivity contribution is 0.0963. The van der Waals surface area contributed by atoms with Crippen molar-refractivity contribution >= 4 is 11.6 Å². The van der Waals surface area contributed by atoms with E-state index in [9.17, 15) is 4.79 Å². The number of aryl methyl sites for hydroxylation is 1. The molecule has 0 bridgehead atoms. The van der Waals surface area contributed by atoms with E-state index in [4.69, 9.17) is 0 Å². The Bertz CT molecular complexity index is 480. The number of anilines is 1. The summed E-state index contributed by atoms with van der Waals surface area (Å²) in [6.07, 6.45) is 3.66. The third kappa shape index (κ3) is 3.28. The van der Waals surface area contributed by atoms with E-state index < -0.39 is 0 Å². The molecule has 2 rings (SSSR count). The lowest BCUT2D eigenvalue weighted by Crippen LogP contribution is -2.20. The lowest BCUT2D eigenvalue weighted by Gasteiger charge is -2.20. The van der Waals surface area contributed by atoms with Gasteiger partial charge in [-0.2, -0.15) is 0 Å². The van der Waals surface area contributed by atoms with Crippen molar-refractivity contribution in [1.82, 2.24) is 5.32 Å². The smallest absolute Gasteiger partial charge is 0.251 e. The van der Waals surface area contributed by atoms with E-state index in [2.05, 4.69) is 31.4 Å². The fraction of sp³-hybridized carbons (Fsp3) is 0.562. The van der Waals surface area contributed by atoms with Crippen LogP contribution in [0.2, 0.25) is 0 Å². The molecule has 0 saturated heterocycles. The second-order valence-electron chi connectivity index (χ2n) is 6.36. The molecule has 3 heteroatoms. The van der Waals surface area contributed by atoms with Crippen LogP contribution in [0, 0.1) is 12.3 Å². The maximum atomic E-state index is 11.7. The number of nitrogens with one attached hydrogen (secondary N) is 2. The van der Waals surface area contributed by atoms with Crippen molar-refractivity contribution in [3.05, 3.63) is 29.3 Å². The van der Waals surface area contributed by atoms with E-state index in [1.807, 2.05) is 18.2 Å². The number of carbonyl (C=O) groups excluding carboxylic acids is 1. The Hall–Kier alpha value is -1.51. The van der Waals surface area contributed by atoms with E-state index in [-0.39, 0.29) is 5.91 Å². The predicted octanol–water partition coefficient (Wildman–Crippen LogP) is 3.35. The number of benzene rings is 1. The van der Waals surface area contributed by atoms with Gasteiger partial charge >= 0.3 is 0 Å². The topological polar surface area (TPSA) is 41.1 Å². The fourth-order valence-electron chi connectivity index (χ4n) is 2.84. The summed E-state index contributed by atoms with van der Waals surface area (Å²) in [5.41, 5.74) is 3.43. The first-order valence-corrected chi connectivity index (χ1v) is 7.00. The molecule has 1 aromatic rings. The maximum Gasteiger partial charge on any atom is 0.251 e. The van der Waals surface area contributed by atoms with Crippen LogP contribution in [-0.2, 0) is 0 Å². The summed E-state index contributed by atoms with van der Waals surface area (Å²) in [5, 5.41) is 6.27. The van der Waals surface area contributed by atoms with Gasteiger partial charge in [0.2, 0.25) is 0 Å². The minimum Gasteiger partial charge on any atom is -0.382 e. The first kappa shape index (κ1) is 13.9. The molecular weight excluding hydrogens is 236 g/mol. The van der Waals surface area contributed by atoms with Crippen LogP contribution in [0.3, 0.4) is 0 Å². The van der Waals surface area contributed by atoms with Crippen LogP contribution in [0.5, 0.6) is 0 Å². The van der Waals surface area contributed by atoms with Crippen molar-refractivity contribution in [2.24, 2.45) is 5.41 Å². The number of hydrogen-bond donors (Lipinski definition) is 2. The minimum atomic E-state index is -0.0326. The van der Waals surface area contributed by atoms with Gasteiger partial charge < -0.3 is 10.6 Å². The van der Waals surface area contributed by atoms with Gasteiger partial charge in [0, 0.05) is 24.3 Å². The quantitative estimate of drug-likeness (QED) is 0.875. The molecule has 19 heavy (non-hydrogen) atoms. The Morgan fingerprint density at radius 2 is 2.11 bits per heavy atom. The molecule has 1 aromatic carbocycles. The molecule has 1 aliphatic carbocycles. The van der Waals surface area contributed by atoms with E-state index in [1.165, 1.54) is 24.8 Å². The molecule has 1 atom stereocenters. The molecule has 0 aromatic heterocycles. The van der Waals surface area contributed by atoms with Crippen molar-refractivity contribution in [2.75, 3.05) is 12.4 Å². The molecule has 104 valence electrons. The molecule has 1 amide bonds. The molecule has 1 fully saturated rings. The van der Waals surface area contributed by atoms with Crippen molar-refractivity contribution in [2.45, 2.75) is 46.1 Å². The highest BCUT2D eigenvalue weighted by Gasteiger charge is 2.30. The third-order valence-electron chi connectivity index (χ3n) is 4.06. The molecule has 0 spiro atoms. The van der Waals surface area contributed by atoms with Crippen LogP contribution >= 0.6 is 0 Å². The van der Waals surface area contributed by atoms with Gasteiger partial charge in [0.25, 0.3) is 5.91 Å². The van der Waals surface area contributed by atoms with Gasteiger partial charge in [-0.05, 0) is 49.3 Å². The Kier molecular flexibility index (Phi) is 3.83. The van der Waals surface area contributed by atoms with Gasteiger partial charge in [0.15, 0.2) is 0 Å². The highest BCUT2D eigenvalue weighted by Crippen LogP contribution is 2.38. The van der Waals surface area contributed by atoms with Gasteiger partial charge in [0.05, 0.1) is 0 Å². The Balaban J connectivity index is 2.14. The van der Waals surface area contributed by atoms with E-state index in [0.29, 0.717) is 17.0 Å². The Labute approximate surface area is 115 Å². The molecule has 1 aliphatic rings. The summed E-state index contributed by atoms with van der Waals surface area (Å²) < 4.78 is 0. The normalized spacial score (nSPS) is 21.2. The second kappa shape index (κ2) is 5.24. The zero-order chi connectivity index (χ0) is 14.0. The molecule has 0 heterocycles. The Morgan fingerprint density at radius 3 is 2.68 bits per heavy atom. The zero-order valence-corrected chi connectivity index (χ0v) is 12.3. The van der Waals surface area contributed by atoms with Crippen molar-refractivity contribution in [1.29, 1.82) is 0 Å². The van der Waals surface area contributed by atoms with Crippen LogP contribution < -0.4 is 10.6 Å². The SMILES string of the molecule is CNC(=O)c1ccc(C)c(NC2CCC(C)(C)C2)c1. The summed E-state index contributed by atoms with van der Waals surface area (Å²) in [4.78, 5) is 11.7. The van der Waals surface area contributed by atoms with Crippen LogP contribution in [-0.4, -0.2) is 19.0 Å². The molecule has 2 N–H and O–H groups in total. The fourth-order valence-corrected chi connectivity index (χ4v) is 2.84. The molecule has 3 nitrogen and oxygen atoms in total. The first-order chi connectivity index (χ1) is 8.91. The molecule has 1 unspecified atom stereocenters. The zero-order valence-electron chi connectivity index (χ0n) is 12.3.